The van der Waals surface area contributed by atoms with Crippen molar-refractivity contribution < 1.29 is 0 Å². The highest BCUT2D eigenvalue weighted by Crippen LogP contribution is 2.30. The zero-order valence-corrected chi connectivity index (χ0v) is 12.4. The minimum absolute atomic E-state index is 0.152. The topological polar surface area (TPSA) is 28.7 Å². The molecule has 0 aliphatic carbocycles. The summed E-state index contributed by atoms with van der Waals surface area (Å²) in [6, 6.07) is 0. The van der Waals surface area contributed by atoms with E-state index in [2.05, 4.69) is 51.5 Å². The molecule has 2 nitrogen and oxygen atoms in total. The van der Waals surface area contributed by atoms with Crippen LogP contribution in [0.2, 0.25) is 0 Å². The van der Waals surface area contributed by atoms with Crippen molar-refractivity contribution in [1.82, 2.24) is 9.97 Å². The zero-order valence-electron chi connectivity index (χ0n) is 12.4. The van der Waals surface area contributed by atoms with Gasteiger partial charge < -0.3 is 4.98 Å². The number of aromatic amines is 1. The molecule has 0 aliphatic rings. The molecule has 0 atom stereocenters. The van der Waals surface area contributed by atoms with Gasteiger partial charge in [-0.05, 0) is 12.8 Å². The van der Waals surface area contributed by atoms with Crippen LogP contribution in [0.3, 0.4) is 0 Å². The Balaban J connectivity index is 2.87. The average molecular weight is 236 g/mol. The van der Waals surface area contributed by atoms with Crippen LogP contribution in [0, 0.1) is 0 Å². The number of nitrogens with zero attached hydrogens (tertiary/aromatic N) is 1. The third kappa shape index (κ3) is 3.34. The molecule has 0 aromatic carbocycles. The molecule has 0 aliphatic heterocycles. The number of hydrogen-bond donors (Lipinski definition) is 1. The van der Waals surface area contributed by atoms with Crippen LogP contribution in [0.5, 0.6) is 0 Å². The number of aromatic nitrogens is 2. The Bertz CT molecular complexity index is 348. The molecule has 2 heteroatoms. The van der Waals surface area contributed by atoms with Gasteiger partial charge in [-0.3, -0.25) is 0 Å². The lowest BCUT2D eigenvalue weighted by Gasteiger charge is -2.24. The van der Waals surface area contributed by atoms with E-state index in [9.17, 15) is 0 Å². The summed E-state index contributed by atoms with van der Waals surface area (Å²) in [5, 5.41) is 0. The molecule has 1 aromatic rings. The van der Waals surface area contributed by atoms with Crippen molar-refractivity contribution in [3.8, 4) is 0 Å². The van der Waals surface area contributed by atoms with Crippen LogP contribution in [0.25, 0.3) is 0 Å². The second kappa shape index (κ2) is 5.24. The van der Waals surface area contributed by atoms with Crippen LogP contribution in [0.15, 0.2) is 6.20 Å². The normalized spacial score (nSPS) is 13.1. The number of imidazole rings is 1. The first-order valence-corrected chi connectivity index (χ1v) is 6.89. The van der Waals surface area contributed by atoms with Crippen molar-refractivity contribution in [2.75, 3.05) is 0 Å². The van der Waals surface area contributed by atoms with Crippen LogP contribution in [0.4, 0.5) is 0 Å². The fourth-order valence-corrected chi connectivity index (χ4v) is 1.93. The van der Waals surface area contributed by atoms with E-state index in [0.29, 0.717) is 0 Å². The minimum atomic E-state index is 0.152. The van der Waals surface area contributed by atoms with Gasteiger partial charge in [-0.15, -0.1) is 0 Å². The molecular formula is C15H28N2. The van der Waals surface area contributed by atoms with E-state index in [1.54, 1.807) is 0 Å². The van der Waals surface area contributed by atoms with Crippen LogP contribution >= 0.6 is 0 Å². The molecule has 0 spiro atoms. The van der Waals surface area contributed by atoms with Gasteiger partial charge in [-0.25, -0.2) is 4.98 Å². The largest absolute Gasteiger partial charge is 0.345 e. The van der Waals surface area contributed by atoms with Crippen molar-refractivity contribution >= 4 is 0 Å². The highest BCUT2D eigenvalue weighted by atomic mass is 14.9. The second-order valence-corrected chi connectivity index (χ2v) is 6.37. The first-order valence-electron chi connectivity index (χ1n) is 6.89. The molecule has 1 heterocycles. The fraction of sp³-hybridized carbons (Fsp3) is 0.800. The molecule has 1 N–H and O–H groups in total. The van der Waals surface area contributed by atoms with Crippen LogP contribution in [0.1, 0.15) is 78.7 Å². The van der Waals surface area contributed by atoms with Gasteiger partial charge >= 0.3 is 0 Å². The molecular weight excluding hydrogens is 208 g/mol. The molecule has 0 amide bonds. The third-order valence-corrected chi connectivity index (χ3v) is 3.99. The van der Waals surface area contributed by atoms with E-state index in [1.807, 2.05) is 6.20 Å². The number of hydrogen-bond acceptors (Lipinski definition) is 1. The Morgan fingerprint density at radius 1 is 1.12 bits per heavy atom. The summed E-state index contributed by atoms with van der Waals surface area (Å²) in [6.07, 6.45) is 6.89. The van der Waals surface area contributed by atoms with Crippen molar-refractivity contribution in [1.29, 1.82) is 0 Å². The Labute approximate surface area is 106 Å². The Morgan fingerprint density at radius 3 is 2.29 bits per heavy atom. The SMILES string of the molecule is CCCCC(C)(C)c1cnc(C(C)(C)CC)[nH]1. The molecule has 17 heavy (non-hydrogen) atoms. The summed E-state index contributed by atoms with van der Waals surface area (Å²) in [4.78, 5) is 8.12. The highest BCUT2D eigenvalue weighted by molar-refractivity contribution is 5.16. The van der Waals surface area contributed by atoms with Gasteiger partial charge in [0.1, 0.15) is 5.82 Å². The van der Waals surface area contributed by atoms with Gasteiger partial charge in [-0.2, -0.15) is 0 Å². The predicted molar refractivity (Wildman–Crippen MR) is 74.5 cm³/mol. The Kier molecular flexibility index (Phi) is 4.40. The maximum Gasteiger partial charge on any atom is 0.111 e. The van der Waals surface area contributed by atoms with Crippen LogP contribution in [-0.4, -0.2) is 9.97 Å². The maximum atomic E-state index is 4.58. The van der Waals surface area contributed by atoms with Gasteiger partial charge in [0, 0.05) is 22.7 Å². The third-order valence-electron chi connectivity index (χ3n) is 3.99. The van der Waals surface area contributed by atoms with E-state index in [-0.39, 0.29) is 10.8 Å². The lowest BCUT2D eigenvalue weighted by Crippen LogP contribution is -2.20. The summed E-state index contributed by atoms with van der Waals surface area (Å²) in [5.74, 6) is 1.12. The number of rotatable bonds is 6. The lowest BCUT2D eigenvalue weighted by molar-refractivity contribution is 0.438. The minimum Gasteiger partial charge on any atom is -0.345 e. The molecule has 0 unspecified atom stereocenters. The van der Waals surface area contributed by atoms with E-state index >= 15 is 0 Å². The van der Waals surface area contributed by atoms with E-state index in [0.717, 1.165) is 12.2 Å². The van der Waals surface area contributed by atoms with Crippen molar-refractivity contribution in [2.45, 2.75) is 78.1 Å². The summed E-state index contributed by atoms with van der Waals surface area (Å²) in [6.45, 7) is 13.6. The average Bonchev–Trinajstić information content (AvgIpc) is 2.77. The number of unbranched alkanes of at least 4 members (excludes halogenated alkanes) is 1. The predicted octanol–water partition coefficient (Wildman–Crippen LogP) is 4.57. The smallest absolute Gasteiger partial charge is 0.111 e. The second-order valence-electron chi connectivity index (χ2n) is 6.37. The monoisotopic (exact) mass is 236 g/mol. The van der Waals surface area contributed by atoms with Gasteiger partial charge in [0.05, 0.1) is 0 Å². The summed E-state index contributed by atoms with van der Waals surface area (Å²) in [7, 11) is 0. The van der Waals surface area contributed by atoms with Gasteiger partial charge in [0.25, 0.3) is 0 Å². The highest BCUT2D eigenvalue weighted by Gasteiger charge is 2.26. The van der Waals surface area contributed by atoms with E-state index in [4.69, 9.17) is 0 Å². The first-order chi connectivity index (χ1) is 7.83. The number of nitrogens with one attached hydrogen (secondary N) is 1. The van der Waals surface area contributed by atoms with Crippen molar-refractivity contribution in [3.63, 3.8) is 0 Å². The summed E-state index contributed by atoms with van der Waals surface area (Å²) >= 11 is 0. The van der Waals surface area contributed by atoms with Crippen molar-refractivity contribution in [2.24, 2.45) is 0 Å². The Morgan fingerprint density at radius 2 is 1.76 bits per heavy atom. The fourth-order valence-electron chi connectivity index (χ4n) is 1.93. The van der Waals surface area contributed by atoms with Crippen LogP contribution < -0.4 is 0 Å². The molecule has 1 aromatic heterocycles. The van der Waals surface area contributed by atoms with Gasteiger partial charge in [0.2, 0.25) is 0 Å². The standard InChI is InChI=1S/C15H28N2/c1-7-9-10-15(5,6)12-11-16-13(17-12)14(3,4)8-2/h11H,7-10H2,1-6H3,(H,16,17). The lowest BCUT2D eigenvalue weighted by atomic mass is 9.84. The summed E-state index contributed by atoms with van der Waals surface area (Å²) in [5.41, 5.74) is 1.65. The molecule has 1 rings (SSSR count). The molecule has 0 bridgehead atoms. The number of H-pyrrole nitrogens is 1. The summed E-state index contributed by atoms with van der Waals surface area (Å²) < 4.78 is 0. The van der Waals surface area contributed by atoms with E-state index in [1.165, 1.54) is 25.0 Å². The van der Waals surface area contributed by atoms with Crippen LogP contribution in [-0.2, 0) is 10.8 Å². The molecule has 98 valence electrons. The Hall–Kier alpha value is -0.790. The molecule has 0 saturated carbocycles. The maximum absolute atomic E-state index is 4.58. The molecule has 0 saturated heterocycles. The first kappa shape index (κ1) is 14.3. The molecule has 0 fully saturated rings. The van der Waals surface area contributed by atoms with E-state index < -0.39 is 0 Å². The zero-order chi connectivity index (χ0) is 13.1. The van der Waals surface area contributed by atoms with Gasteiger partial charge in [0.15, 0.2) is 0 Å². The van der Waals surface area contributed by atoms with Gasteiger partial charge in [-0.1, -0.05) is 54.4 Å². The van der Waals surface area contributed by atoms with Crippen molar-refractivity contribution in [3.05, 3.63) is 17.7 Å². The quantitative estimate of drug-likeness (QED) is 0.770. The molecule has 0 radical (unpaired) electrons.